The lowest BCUT2D eigenvalue weighted by molar-refractivity contribution is -0.128. The van der Waals surface area contributed by atoms with Crippen molar-refractivity contribution in [2.24, 2.45) is 5.73 Å². The molecule has 1 atom stereocenters. The maximum Gasteiger partial charge on any atom is 0.248 e. The third-order valence-corrected chi connectivity index (χ3v) is 0.989. The molecule has 0 radical (unpaired) electrons. The molecule has 0 spiro atoms. The molecule has 0 aromatic heterocycles. The Bertz CT molecular complexity index is 95.0. The number of carbonyl (C=O) groups excluding carboxylic acids is 1. The van der Waals surface area contributed by atoms with Gasteiger partial charge in [-0.2, -0.15) is 0 Å². The van der Waals surface area contributed by atoms with Gasteiger partial charge in [0.1, 0.15) is 6.10 Å². The average Bonchev–Trinajstić information content (AvgIpc) is 1.87. The quantitative estimate of drug-likeness (QED) is 0.435. The Labute approximate surface area is 54.0 Å². The minimum absolute atomic E-state index is 0.319. The molecule has 4 N–H and O–H groups in total. The van der Waals surface area contributed by atoms with Crippen molar-refractivity contribution in [1.82, 2.24) is 5.32 Å². The third kappa shape index (κ3) is 3.05. The summed E-state index contributed by atoms with van der Waals surface area (Å²) in [5, 5.41) is 11.1. The molecule has 0 fully saturated rings. The summed E-state index contributed by atoms with van der Waals surface area (Å²) in [6.07, 6.45) is -0.625. The van der Waals surface area contributed by atoms with Gasteiger partial charge < -0.3 is 16.2 Å². The van der Waals surface area contributed by atoms with E-state index in [0.717, 1.165) is 0 Å². The van der Waals surface area contributed by atoms with Crippen LogP contribution in [0.25, 0.3) is 0 Å². The minimum atomic E-state index is -0.944. The molecule has 4 nitrogen and oxygen atoms in total. The van der Waals surface area contributed by atoms with Crippen LogP contribution in [0.2, 0.25) is 0 Å². The molecule has 0 aromatic carbocycles. The summed E-state index contributed by atoms with van der Waals surface area (Å²) in [5.74, 6) is -0.375. The first-order valence-electron chi connectivity index (χ1n) is 2.82. The number of rotatable bonds is 3. The summed E-state index contributed by atoms with van der Waals surface area (Å²) in [4.78, 5) is 10.5. The zero-order valence-corrected chi connectivity index (χ0v) is 5.42. The number of likely N-dealkylation sites (N-methyl/N-ethyl adjacent to an activating group) is 1. The third-order valence-electron chi connectivity index (χ3n) is 0.989. The SMILES string of the molecule is CNC(=O)[C@H](O)CCN. The van der Waals surface area contributed by atoms with Gasteiger partial charge in [0.2, 0.25) is 5.91 Å². The maximum atomic E-state index is 10.5. The van der Waals surface area contributed by atoms with E-state index in [9.17, 15) is 4.79 Å². The van der Waals surface area contributed by atoms with Crippen LogP contribution in [0.1, 0.15) is 6.42 Å². The molecule has 0 aliphatic heterocycles. The highest BCUT2D eigenvalue weighted by Gasteiger charge is 2.10. The van der Waals surface area contributed by atoms with Crippen molar-refractivity contribution in [3.05, 3.63) is 0 Å². The maximum absolute atomic E-state index is 10.5. The summed E-state index contributed by atoms with van der Waals surface area (Å²) < 4.78 is 0. The largest absolute Gasteiger partial charge is 0.383 e. The van der Waals surface area contributed by atoms with E-state index in [1.165, 1.54) is 7.05 Å². The first-order chi connectivity index (χ1) is 4.22. The number of aliphatic hydroxyl groups is 1. The average molecular weight is 132 g/mol. The van der Waals surface area contributed by atoms with E-state index in [0.29, 0.717) is 13.0 Å². The number of carbonyl (C=O) groups is 1. The Balaban J connectivity index is 3.45. The van der Waals surface area contributed by atoms with E-state index in [-0.39, 0.29) is 5.91 Å². The molecule has 54 valence electrons. The number of hydrogen-bond acceptors (Lipinski definition) is 3. The molecule has 0 aliphatic carbocycles. The summed E-state index contributed by atoms with van der Waals surface area (Å²) in [7, 11) is 1.47. The lowest BCUT2D eigenvalue weighted by atomic mass is 10.2. The van der Waals surface area contributed by atoms with Crippen LogP contribution in [-0.4, -0.2) is 30.7 Å². The summed E-state index contributed by atoms with van der Waals surface area (Å²) in [6, 6.07) is 0. The van der Waals surface area contributed by atoms with Crippen LogP contribution in [0, 0.1) is 0 Å². The van der Waals surface area contributed by atoms with Crippen LogP contribution in [-0.2, 0) is 4.79 Å². The highest BCUT2D eigenvalue weighted by Crippen LogP contribution is 1.86. The van der Waals surface area contributed by atoms with E-state index in [4.69, 9.17) is 10.8 Å². The summed E-state index contributed by atoms with van der Waals surface area (Å²) in [5.41, 5.74) is 5.08. The number of amides is 1. The lowest BCUT2D eigenvalue weighted by Crippen LogP contribution is -2.33. The Morgan fingerprint density at radius 2 is 2.44 bits per heavy atom. The minimum Gasteiger partial charge on any atom is -0.383 e. The molecule has 0 saturated carbocycles. The second-order valence-corrected chi connectivity index (χ2v) is 1.71. The zero-order valence-electron chi connectivity index (χ0n) is 5.42. The first-order valence-corrected chi connectivity index (χ1v) is 2.82. The Morgan fingerprint density at radius 3 is 2.78 bits per heavy atom. The van der Waals surface area contributed by atoms with Gasteiger partial charge >= 0.3 is 0 Å². The predicted molar refractivity (Wildman–Crippen MR) is 33.7 cm³/mol. The topological polar surface area (TPSA) is 75.3 Å². The van der Waals surface area contributed by atoms with Crippen LogP contribution >= 0.6 is 0 Å². The van der Waals surface area contributed by atoms with Crippen molar-refractivity contribution in [3.8, 4) is 0 Å². The molecular weight excluding hydrogens is 120 g/mol. The molecule has 0 aromatic rings. The van der Waals surface area contributed by atoms with E-state index in [1.54, 1.807) is 0 Å². The number of aliphatic hydroxyl groups excluding tert-OH is 1. The fourth-order valence-electron chi connectivity index (χ4n) is 0.456. The summed E-state index contributed by atoms with van der Waals surface area (Å²) in [6.45, 7) is 0.328. The monoisotopic (exact) mass is 132 g/mol. The zero-order chi connectivity index (χ0) is 7.28. The van der Waals surface area contributed by atoms with Crippen molar-refractivity contribution < 1.29 is 9.90 Å². The number of nitrogens with two attached hydrogens (primary N) is 1. The molecule has 0 rings (SSSR count). The van der Waals surface area contributed by atoms with Crippen molar-refractivity contribution >= 4 is 5.91 Å². The molecule has 0 unspecified atom stereocenters. The fraction of sp³-hybridized carbons (Fsp3) is 0.800. The molecule has 0 bridgehead atoms. The molecule has 1 amide bonds. The van der Waals surface area contributed by atoms with Crippen LogP contribution in [0.4, 0.5) is 0 Å². The highest BCUT2D eigenvalue weighted by atomic mass is 16.3. The van der Waals surface area contributed by atoms with E-state index in [2.05, 4.69) is 5.32 Å². The van der Waals surface area contributed by atoms with Gasteiger partial charge in [0.05, 0.1) is 0 Å². The number of hydrogen-bond donors (Lipinski definition) is 3. The van der Waals surface area contributed by atoms with Gasteiger partial charge in [-0.3, -0.25) is 4.79 Å². The highest BCUT2D eigenvalue weighted by molar-refractivity contribution is 5.80. The molecule has 0 saturated heterocycles. The van der Waals surface area contributed by atoms with Gasteiger partial charge in [-0.15, -0.1) is 0 Å². The van der Waals surface area contributed by atoms with Crippen molar-refractivity contribution in [2.75, 3.05) is 13.6 Å². The van der Waals surface area contributed by atoms with Crippen LogP contribution in [0.5, 0.6) is 0 Å². The van der Waals surface area contributed by atoms with Crippen molar-refractivity contribution in [3.63, 3.8) is 0 Å². The molecule has 0 heterocycles. The van der Waals surface area contributed by atoms with Crippen LogP contribution < -0.4 is 11.1 Å². The van der Waals surface area contributed by atoms with Gasteiger partial charge in [-0.25, -0.2) is 0 Å². The van der Waals surface area contributed by atoms with E-state index in [1.807, 2.05) is 0 Å². The molecule has 0 aliphatic rings. The Kier molecular flexibility index (Phi) is 4.00. The van der Waals surface area contributed by atoms with Crippen LogP contribution in [0.3, 0.4) is 0 Å². The Hall–Kier alpha value is -0.610. The van der Waals surface area contributed by atoms with Crippen molar-refractivity contribution in [1.29, 1.82) is 0 Å². The molecule has 4 heteroatoms. The Morgan fingerprint density at radius 1 is 1.89 bits per heavy atom. The van der Waals surface area contributed by atoms with Gasteiger partial charge in [0, 0.05) is 7.05 Å². The van der Waals surface area contributed by atoms with Gasteiger partial charge in [-0.1, -0.05) is 0 Å². The van der Waals surface area contributed by atoms with Crippen molar-refractivity contribution in [2.45, 2.75) is 12.5 Å². The smallest absolute Gasteiger partial charge is 0.248 e. The second kappa shape index (κ2) is 4.29. The summed E-state index contributed by atoms with van der Waals surface area (Å²) >= 11 is 0. The van der Waals surface area contributed by atoms with E-state index >= 15 is 0 Å². The molecule has 9 heavy (non-hydrogen) atoms. The first kappa shape index (κ1) is 8.39. The number of nitrogens with one attached hydrogen (secondary N) is 1. The van der Waals surface area contributed by atoms with Gasteiger partial charge in [0.15, 0.2) is 0 Å². The molecular formula is C5H12N2O2. The second-order valence-electron chi connectivity index (χ2n) is 1.71. The van der Waals surface area contributed by atoms with Crippen LogP contribution in [0.15, 0.2) is 0 Å². The van der Waals surface area contributed by atoms with E-state index < -0.39 is 6.10 Å². The standard InChI is InChI=1S/C5H12N2O2/c1-7-5(9)4(8)2-3-6/h4,8H,2-3,6H2,1H3,(H,7,9)/t4-/m1/s1. The predicted octanol–water partition coefficient (Wildman–Crippen LogP) is -1.56. The lowest BCUT2D eigenvalue weighted by Gasteiger charge is -2.05. The normalized spacial score (nSPS) is 12.8. The fourth-order valence-corrected chi connectivity index (χ4v) is 0.456. The van der Waals surface area contributed by atoms with Gasteiger partial charge in [-0.05, 0) is 13.0 Å². The van der Waals surface area contributed by atoms with Gasteiger partial charge in [0.25, 0.3) is 0 Å².